The first-order chi connectivity index (χ1) is 12.0. The highest BCUT2D eigenvalue weighted by Crippen LogP contribution is 2.19. The van der Waals surface area contributed by atoms with Crippen molar-refractivity contribution in [1.29, 1.82) is 0 Å². The van der Waals surface area contributed by atoms with Crippen LogP contribution in [0.2, 0.25) is 0 Å². The summed E-state index contributed by atoms with van der Waals surface area (Å²) in [6, 6.07) is 17.1. The second-order valence-electron chi connectivity index (χ2n) is 5.37. The molecule has 0 fully saturated rings. The lowest BCUT2D eigenvalue weighted by Gasteiger charge is -2.29. The van der Waals surface area contributed by atoms with Gasteiger partial charge < -0.3 is 14.8 Å². The molecule has 0 heterocycles. The average molecular weight is 341 g/mol. The molecule has 6 nitrogen and oxygen atoms in total. The van der Waals surface area contributed by atoms with Crippen molar-refractivity contribution in [2.24, 2.45) is 0 Å². The van der Waals surface area contributed by atoms with E-state index >= 15 is 0 Å². The van der Waals surface area contributed by atoms with Crippen molar-refractivity contribution in [2.75, 3.05) is 14.2 Å². The van der Waals surface area contributed by atoms with Crippen molar-refractivity contribution in [3.05, 3.63) is 71.8 Å². The third-order valence-corrected chi connectivity index (χ3v) is 3.74. The SMILES string of the molecule is COC(=O)C(Cc1ccccc1)(NC(=O)c1ccccc1)C(=O)OC. The van der Waals surface area contributed by atoms with Gasteiger partial charge in [-0.2, -0.15) is 0 Å². The minimum absolute atomic E-state index is 0.0915. The Bertz CT molecular complexity index is 727. The Balaban J connectivity index is 2.44. The fourth-order valence-corrected chi connectivity index (χ4v) is 2.48. The zero-order valence-electron chi connectivity index (χ0n) is 14.0. The van der Waals surface area contributed by atoms with Gasteiger partial charge in [0.15, 0.2) is 0 Å². The summed E-state index contributed by atoms with van der Waals surface area (Å²) >= 11 is 0. The molecule has 0 bridgehead atoms. The number of carbonyl (C=O) groups is 3. The van der Waals surface area contributed by atoms with Crippen LogP contribution in [0.5, 0.6) is 0 Å². The number of ether oxygens (including phenoxy) is 2. The molecule has 2 rings (SSSR count). The lowest BCUT2D eigenvalue weighted by atomic mass is 9.90. The Morgan fingerprint density at radius 2 is 1.32 bits per heavy atom. The number of hydrogen-bond acceptors (Lipinski definition) is 5. The molecule has 0 radical (unpaired) electrons. The van der Waals surface area contributed by atoms with Crippen LogP contribution in [-0.4, -0.2) is 37.6 Å². The topological polar surface area (TPSA) is 81.7 Å². The van der Waals surface area contributed by atoms with E-state index in [1.807, 2.05) is 6.07 Å². The first kappa shape index (κ1) is 18.2. The fraction of sp³-hybridized carbons (Fsp3) is 0.211. The standard InChI is InChI=1S/C19H19NO5/c1-24-17(22)19(18(23)25-2,13-14-9-5-3-6-10-14)20-16(21)15-11-7-4-8-12-15/h3-12H,13H2,1-2H3,(H,20,21). The van der Waals surface area contributed by atoms with E-state index in [-0.39, 0.29) is 6.42 Å². The Hall–Kier alpha value is -3.15. The number of carbonyl (C=O) groups excluding carboxylic acids is 3. The van der Waals surface area contributed by atoms with Crippen LogP contribution in [0.15, 0.2) is 60.7 Å². The molecular formula is C19H19NO5. The highest BCUT2D eigenvalue weighted by Gasteiger charge is 2.50. The van der Waals surface area contributed by atoms with Gasteiger partial charge in [0.05, 0.1) is 14.2 Å². The first-order valence-corrected chi connectivity index (χ1v) is 7.62. The van der Waals surface area contributed by atoms with E-state index in [9.17, 15) is 14.4 Å². The first-order valence-electron chi connectivity index (χ1n) is 7.62. The Labute approximate surface area is 145 Å². The molecule has 0 saturated heterocycles. The van der Waals surface area contributed by atoms with Gasteiger partial charge in [0.25, 0.3) is 5.91 Å². The van der Waals surface area contributed by atoms with E-state index in [4.69, 9.17) is 9.47 Å². The van der Waals surface area contributed by atoms with Crippen molar-refractivity contribution in [3.8, 4) is 0 Å². The zero-order valence-corrected chi connectivity index (χ0v) is 14.0. The van der Waals surface area contributed by atoms with Gasteiger partial charge in [-0.15, -0.1) is 0 Å². The summed E-state index contributed by atoms with van der Waals surface area (Å²) in [6.07, 6.45) is -0.0915. The molecule has 0 aliphatic rings. The zero-order chi connectivity index (χ0) is 18.3. The summed E-state index contributed by atoms with van der Waals surface area (Å²) in [4.78, 5) is 37.5. The maximum absolute atomic E-state index is 12.6. The molecule has 0 atom stereocenters. The van der Waals surface area contributed by atoms with E-state index < -0.39 is 23.4 Å². The normalized spacial score (nSPS) is 10.6. The highest BCUT2D eigenvalue weighted by molar-refractivity contribution is 6.10. The van der Waals surface area contributed by atoms with Crippen molar-refractivity contribution in [2.45, 2.75) is 12.0 Å². The molecule has 2 aromatic carbocycles. The molecule has 1 N–H and O–H groups in total. The van der Waals surface area contributed by atoms with Gasteiger partial charge in [-0.25, -0.2) is 9.59 Å². The molecule has 0 spiro atoms. The maximum Gasteiger partial charge on any atom is 0.343 e. The van der Waals surface area contributed by atoms with E-state index in [2.05, 4.69) is 5.32 Å². The number of hydrogen-bond donors (Lipinski definition) is 1. The van der Waals surface area contributed by atoms with E-state index in [1.54, 1.807) is 54.6 Å². The Kier molecular flexibility index (Phi) is 5.89. The van der Waals surface area contributed by atoms with E-state index in [0.29, 0.717) is 11.1 Å². The molecule has 2 aromatic rings. The van der Waals surface area contributed by atoms with Crippen LogP contribution in [0.1, 0.15) is 15.9 Å². The van der Waals surface area contributed by atoms with E-state index in [0.717, 1.165) is 14.2 Å². The smallest absolute Gasteiger partial charge is 0.343 e. The van der Waals surface area contributed by atoms with Crippen molar-refractivity contribution in [1.82, 2.24) is 5.32 Å². The Morgan fingerprint density at radius 3 is 1.80 bits per heavy atom. The van der Waals surface area contributed by atoms with Crippen molar-refractivity contribution in [3.63, 3.8) is 0 Å². The van der Waals surface area contributed by atoms with Crippen molar-refractivity contribution >= 4 is 17.8 Å². The summed E-state index contributed by atoms with van der Waals surface area (Å²) in [7, 11) is 2.30. The summed E-state index contributed by atoms with van der Waals surface area (Å²) in [5, 5.41) is 2.51. The van der Waals surface area contributed by atoms with Gasteiger partial charge in [-0.05, 0) is 17.7 Å². The second-order valence-corrected chi connectivity index (χ2v) is 5.37. The van der Waals surface area contributed by atoms with Crippen LogP contribution in [0, 0.1) is 0 Å². The molecule has 6 heteroatoms. The lowest BCUT2D eigenvalue weighted by molar-refractivity contribution is -0.162. The number of benzene rings is 2. The summed E-state index contributed by atoms with van der Waals surface area (Å²) in [5.74, 6) is -2.37. The van der Waals surface area contributed by atoms with Gasteiger partial charge in [0.1, 0.15) is 0 Å². The third kappa shape index (κ3) is 4.03. The van der Waals surface area contributed by atoms with Gasteiger partial charge in [0.2, 0.25) is 5.54 Å². The average Bonchev–Trinajstić information content (AvgIpc) is 2.67. The lowest BCUT2D eigenvalue weighted by Crippen LogP contribution is -2.62. The predicted molar refractivity (Wildman–Crippen MR) is 90.8 cm³/mol. The monoisotopic (exact) mass is 341 g/mol. The molecule has 0 aliphatic carbocycles. The Morgan fingerprint density at radius 1 is 0.840 bits per heavy atom. The third-order valence-electron chi connectivity index (χ3n) is 3.74. The fourth-order valence-electron chi connectivity index (χ4n) is 2.48. The maximum atomic E-state index is 12.6. The summed E-state index contributed by atoms with van der Waals surface area (Å²) < 4.78 is 9.59. The molecule has 0 aromatic heterocycles. The van der Waals surface area contributed by atoms with Gasteiger partial charge in [0, 0.05) is 12.0 Å². The minimum atomic E-state index is -1.97. The predicted octanol–water partition coefficient (Wildman–Crippen LogP) is 1.74. The largest absolute Gasteiger partial charge is 0.467 e. The van der Waals surface area contributed by atoms with Crippen LogP contribution in [-0.2, 0) is 25.5 Å². The number of nitrogens with one attached hydrogen (secondary N) is 1. The summed E-state index contributed by atoms with van der Waals surface area (Å²) in [6.45, 7) is 0. The van der Waals surface area contributed by atoms with E-state index in [1.165, 1.54) is 0 Å². The molecule has 25 heavy (non-hydrogen) atoms. The number of esters is 2. The van der Waals surface area contributed by atoms with Crippen LogP contribution in [0.25, 0.3) is 0 Å². The van der Waals surface area contributed by atoms with Gasteiger partial charge >= 0.3 is 11.9 Å². The number of rotatable bonds is 6. The van der Waals surface area contributed by atoms with Crippen LogP contribution < -0.4 is 5.32 Å². The molecule has 1 amide bonds. The van der Waals surface area contributed by atoms with Crippen LogP contribution in [0.4, 0.5) is 0 Å². The molecule has 0 saturated carbocycles. The van der Waals surface area contributed by atoms with Gasteiger partial charge in [-0.1, -0.05) is 48.5 Å². The summed E-state index contributed by atoms with van der Waals surface area (Å²) in [5.41, 5.74) is -0.989. The number of amides is 1. The molecule has 0 unspecified atom stereocenters. The van der Waals surface area contributed by atoms with Crippen molar-refractivity contribution < 1.29 is 23.9 Å². The van der Waals surface area contributed by atoms with Gasteiger partial charge in [-0.3, -0.25) is 4.79 Å². The van der Waals surface area contributed by atoms with Crippen LogP contribution in [0.3, 0.4) is 0 Å². The molecule has 0 aliphatic heterocycles. The quantitative estimate of drug-likeness (QED) is 0.639. The highest BCUT2D eigenvalue weighted by atomic mass is 16.5. The van der Waals surface area contributed by atoms with Crippen LogP contribution >= 0.6 is 0 Å². The molecule has 130 valence electrons. The number of methoxy groups -OCH3 is 2. The minimum Gasteiger partial charge on any atom is -0.467 e. The second kappa shape index (κ2) is 8.10. The molecular weight excluding hydrogens is 322 g/mol.